The second kappa shape index (κ2) is 7.50. The van der Waals surface area contributed by atoms with Gasteiger partial charge in [0.15, 0.2) is 5.16 Å². The highest BCUT2D eigenvalue weighted by Crippen LogP contribution is 2.34. The lowest BCUT2D eigenvalue weighted by Crippen LogP contribution is -2.31. The van der Waals surface area contributed by atoms with E-state index in [-0.39, 0.29) is 16.7 Å². The zero-order chi connectivity index (χ0) is 17.1. The predicted octanol–water partition coefficient (Wildman–Crippen LogP) is 3.72. The van der Waals surface area contributed by atoms with Crippen molar-refractivity contribution in [2.45, 2.75) is 30.7 Å². The van der Waals surface area contributed by atoms with Crippen LogP contribution in [0.15, 0.2) is 32.8 Å². The number of hydrogen-bond acceptors (Lipinski definition) is 6. The minimum Gasteiger partial charge on any atom is -0.355 e. The number of amides is 1. The molecule has 126 valence electrons. The Kier molecular flexibility index (Phi) is 5.37. The number of carbonyl (C=O) groups is 1. The summed E-state index contributed by atoms with van der Waals surface area (Å²) < 4.78 is 0. The van der Waals surface area contributed by atoms with Crippen LogP contribution in [0, 0.1) is 0 Å². The number of nitrogens with zero attached hydrogens (tertiary/aromatic N) is 1. The fourth-order valence-corrected chi connectivity index (χ4v) is 4.85. The van der Waals surface area contributed by atoms with E-state index < -0.39 is 0 Å². The van der Waals surface area contributed by atoms with Gasteiger partial charge in [-0.25, -0.2) is 4.98 Å². The van der Waals surface area contributed by atoms with Crippen molar-refractivity contribution in [3.63, 3.8) is 0 Å². The highest BCUT2D eigenvalue weighted by Gasteiger charge is 2.18. The zero-order valence-electron chi connectivity index (χ0n) is 13.3. The third kappa shape index (κ3) is 3.55. The first kappa shape index (κ1) is 17.2. The lowest BCUT2D eigenvalue weighted by molar-refractivity contribution is -0.120. The summed E-state index contributed by atoms with van der Waals surface area (Å²) in [6.07, 6.45) is 0.894. The Morgan fingerprint density at radius 3 is 3.00 bits per heavy atom. The van der Waals surface area contributed by atoms with E-state index in [4.69, 9.17) is 0 Å². The summed E-state index contributed by atoms with van der Waals surface area (Å²) in [6.45, 7) is 4.47. The maximum absolute atomic E-state index is 12.5. The average molecular weight is 380 g/mol. The molecule has 8 heteroatoms. The molecule has 24 heavy (non-hydrogen) atoms. The standard InChI is InChI=1S/C16H17N3O2S3/c1-3-6-17-13(20)9(2)24-16-18-14(21)12-10(8-23-15(12)19-16)11-5-4-7-22-11/h4-5,7-9H,3,6H2,1-2H3,(H,17,20)(H,18,19,21)/t9-/m0/s1. The van der Waals surface area contributed by atoms with Gasteiger partial charge in [0.05, 0.1) is 10.6 Å². The molecule has 0 aromatic carbocycles. The van der Waals surface area contributed by atoms with Crippen LogP contribution in [-0.2, 0) is 4.79 Å². The molecule has 0 bridgehead atoms. The van der Waals surface area contributed by atoms with Crippen LogP contribution in [-0.4, -0.2) is 27.7 Å². The first-order chi connectivity index (χ1) is 11.6. The number of thiophene rings is 2. The highest BCUT2D eigenvalue weighted by molar-refractivity contribution is 8.00. The summed E-state index contributed by atoms with van der Waals surface area (Å²) in [7, 11) is 0. The second-order valence-corrected chi connectivity index (χ2v) is 8.36. The molecular formula is C16H17N3O2S3. The van der Waals surface area contributed by atoms with E-state index in [0.717, 1.165) is 16.9 Å². The second-order valence-electron chi connectivity index (χ2n) is 5.23. The van der Waals surface area contributed by atoms with Crippen LogP contribution in [0.5, 0.6) is 0 Å². The summed E-state index contributed by atoms with van der Waals surface area (Å²) in [6, 6.07) is 3.96. The maximum atomic E-state index is 12.5. The van der Waals surface area contributed by atoms with E-state index in [9.17, 15) is 9.59 Å². The van der Waals surface area contributed by atoms with Crippen LogP contribution >= 0.6 is 34.4 Å². The van der Waals surface area contributed by atoms with E-state index in [1.165, 1.54) is 23.1 Å². The number of thioether (sulfide) groups is 1. The van der Waals surface area contributed by atoms with Crippen LogP contribution in [0.4, 0.5) is 0 Å². The average Bonchev–Trinajstić information content (AvgIpc) is 3.21. The monoisotopic (exact) mass is 379 g/mol. The van der Waals surface area contributed by atoms with E-state index in [1.807, 2.05) is 36.7 Å². The molecule has 1 amide bonds. The lowest BCUT2D eigenvalue weighted by Gasteiger charge is -2.10. The number of carbonyl (C=O) groups excluding carboxylic acids is 1. The summed E-state index contributed by atoms with van der Waals surface area (Å²) >= 11 is 4.32. The Morgan fingerprint density at radius 1 is 1.46 bits per heavy atom. The third-order valence-corrected chi connectivity index (χ3v) is 6.18. The minimum absolute atomic E-state index is 0.0462. The molecule has 3 rings (SSSR count). The van der Waals surface area contributed by atoms with Gasteiger partial charge in [0.1, 0.15) is 4.83 Å². The van der Waals surface area contributed by atoms with Crippen LogP contribution < -0.4 is 10.9 Å². The van der Waals surface area contributed by atoms with Gasteiger partial charge in [-0.2, -0.15) is 0 Å². The molecule has 0 aliphatic carbocycles. The molecule has 0 fully saturated rings. The lowest BCUT2D eigenvalue weighted by atomic mass is 10.2. The number of aromatic amines is 1. The SMILES string of the molecule is CCCNC(=O)[C@H](C)Sc1nc2scc(-c3cccs3)c2c(=O)[nH]1. The molecule has 0 aliphatic rings. The summed E-state index contributed by atoms with van der Waals surface area (Å²) in [5.74, 6) is -0.0462. The molecule has 2 N–H and O–H groups in total. The molecule has 5 nitrogen and oxygen atoms in total. The van der Waals surface area contributed by atoms with Crippen molar-refractivity contribution in [1.29, 1.82) is 0 Å². The van der Waals surface area contributed by atoms with Crippen LogP contribution in [0.25, 0.3) is 20.7 Å². The molecular weight excluding hydrogens is 362 g/mol. The number of fused-ring (bicyclic) bond motifs is 1. The fraction of sp³-hybridized carbons (Fsp3) is 0.312. The normalized spacial score (nSPS) is 12.4. The fourth-order valence-electron chi connectivity index (χ4n) is 2.21. The largest absolute Gasteiger partial charge is 0.355 e. The van der Waals surface area contributed by atoms with Crippen molar-refractivity contribution in [1.82, 2.24) is 15.3 Å². The van der Waals surface area contributed by atoms with Crippen LogP contribution in [0.3, 0.4) is 0 Å². The summed E-state index contributed by atoms with van der Waals surface area (Å²) in [5, 5.41) is 7.59. The molecule has 3 aromatic rings. The molecule has 0 saturated heterocycles. The Bertz CT molecular complexity index is 899. The molecule has 3 heterocycles. The van der Waals surface area contributed by atoms with Gasteiger partial charge < -0.3 is 10.3 Å². The Morgan fingerprint density at radius 2 is 2.29 bits per heavy atom. The Hall–Kier alpha value is -1.64. The molecule has 0 aliphatic heterocycles. The van der Waals surface area contributed by atoms with Crippen molar-refractivity contribution >= 4 is 50.6 Å². The van der Waals surface area contributed by atoms with Gasteiger partial charge in [-0.05, 0) is 24.8 Å². The number of H-pyrrole nitrogens is 1. The van der Waals surface area contributed by atoms with Gasteiger partial charge >= 0.3 is 0 Å². The van der Waals surface area contributed by atoms with E-state index in [0.29, 0.717) is 21.9 Å². The Balaban J connectivity index is 1.87. The maximum Gasteiger partial charge on any atom is 0.260 e. The number of rotatable bonds is 6. The number of nitrogens with one attached hydrogen (secondary N) is 2. The molecule has 0 radical (unpaired) electrons. The van der Waals surface area contributed by atoms with E-state index in [2.05, 4.69) is 15.3 Å². The number of hydrogen-bond donors (Lipinski definition) is 2. The van der Waals surface area contributed by atoms with Crippen LogP contribution in [0.2, 0.25) is 0 Å². The molecule has 0 spiro atoms. The zero-order valence-corrected chi connectivity index (χ0v) is 15.7. The summed E-state index contributed by atoms with van der Waals surface area (Å²) in [4.78, 5) is 33.6. The molecule has 1 atom stereocenters. The molecule has 3 aromatic heterocycles. The Labute approximate surface area is 151 Å². The van der Waals surface area contributed by atoms with Gasteiger partial charge in [0.2, 0.25) is 5.91 Å². The molecule has 0 unspecified atom stereocenters. The minimum atomic E-state index is -0.311. The highest BCUT2D eigenvalue weighted by atomic mass is 32.2. The van der Waals surface area contributed by atoms with Crippen molar-refractivity contribution in [3.05, 3.63) is 33.2 Å². The smallest absolute Gasteiger partial charge is 0.260 e. The topological polar surface area (TPSA) is 74.8 Å². The van der Waals surface area contributed by atoms with E-state index >= 15 is 0 Å². The van der Waals surface area contributed by atoms with E-state index in [1.54, 1.807) is 11.3 Å². The first-order valence-electron chi connectivity index (χ1n) is 7.60. The first-order valence-corrected chi connectivity index (χ1v) is 10.2. The summed E-state index contributed by atoms with van der Waals surface area (Å²) in [5.41, 5.74) is 0.761. The molecule has 0 saturated carbocycles. The van der Waals surface area contributed by atoms with Gasteiger partial charge in [0, 0.05) is 22.4 Å². The van der Waals surface area contributed by atoms with Gasteiger partial charge in [-0.1, -0.05) is 24.8 Å². The van der Waals surface area contributed by atoms with Gasteiger partial charge in [0.25, 0.3) is 5.56 Å². The number of aromatic nitrogens is 2. The van der Waals surface area contributed by atoms with Crippen molar-refractivity contribution in [3.8, 4) is 10.4 Å². The predicted molar refractivity (Wildman–Crippen MR) is 102 cm³/mol. The van der Waals surface area contributed by atoms with Crippen molar-refractivity contribution in [2.24, 2.45) is 0 Å². The van der Waals surface area contributed by atoms with Gasteiger partial charge in [-0.3, -0.25) is 9.59 Å². The van der Waals surface area contributed by atoms with Crippen molar-refractivity contribution in [2.75, 3.05) is 6.54 Å². The van der Waals surface area contributed by atoms with Crippen molar-refractivity contribution < 1.29 is 4.79 Å². The van der Waals surface area contributed by atoms with Gasteiger partial charge in [-0.15, -0.1) is 22.7 Å². The third-order valence-electron chi connectivity index (χ3n) is 3.42. The quantitative estimate of drug-likeness (QED) is 0.506. The van der Waals surface area contributed by atoms with Crippen LogP contribution in [0.1, 0.15) is 20.3 Å².